The molecule has 0 unspecified atom stereocenters. The summed E-state index contributed by atoms with van der Waals surface area (Å²) in [5.41, 5.74) is 5.48. The monoisotopic (exact) mass is 273 g/mol. The molecule has 2 N–H and O–H groups in total. The first-order valence-electron chi connectivity index (χ1n) is 7.15. The van der Waals surface area contributed by atoms with Crippen LogP contribution in [0.1, 0.15) is 59.3 Å². The molecule has 0 aliphatic heterocycles. The van der Waals surface area contributed by atoms with Gasteiger partial charge in [-0.1, -0.05) is 65.3 Å². The minimum absolute atomic E-state index is 0.579. The molecule has 0 rings (SSSR count). The molecule has 0 atom stereocenters. The van der Waals surface area contributed by atoms with Crippen LogP contribution in [0.3, 0.4) is 0 Å². The predicted octanol–water partition coefficient (Wildman–Crippen LogP) is 4.36. The van der Waals surface area contributed by atoms with Gasteiger partial charge in [0.2, 0.25) is 0 Å². The molecule has 0 amide bonds. The summed E-state index contributed by atoms with van der Waals surface area (Å²) in [5.74, 6) is 2.43. The molecule has 0 saturated carbocycles. The fraction of sp³-hybridized carbons (Fsp3) is 1.00. The third-order valence-electron chi connectivity index (χ3n) is 3.02. The highest BCUT2D eigenvalue weighted by atomic mass is 32.2. The van der Waals surface area contributed by atoms with Gasteiger partial charge in [-0.05, 0) is 10.8 Å². The minimum atomic E-state index is 0.579. The lowest BCUT2D eigenvalue weighted by Gasteiger charge is -2.23. The lowest BCUT2D eigenvalue weighted by Crippen LogP contribution is -2.13. The molecule has 0 aromatic rings. The molecule has 0 fully saturated rings. The first-order chi connectivity index (χ1) is 8.12. The first kappa shape index (κ1) is 17.5. The lowest BCUT2D eigenvalue weighted by atomic mass is 10.0. The van der Waals surface area contributed by atoms with Gasteiger partial charge in [0.05, 0.1) is 0 Å². The quantitative estimate of drug-likeness (QED) is 0.422. The average Bonchev–Trinajstić information content (AvgIpc) is 2.28. The summed E-state index contributed by atoms with van der Waals surface area (Å²) in [4.78, 5) is 0. The van der Waals surface area contributed by atoms with E-state index in [0.29, 0.717) is 5.04 Å². The molecule has 2 radical (unpaired) electrons. The highest BCUT2D eigenvalue weighted by Gasteiger charge is 2.17. The van der Waals surface area contributed by atoms with Crippen molar-refractivity contribution >= 4 is 21.3 Å². The molecule has 1 nitrogen and oxygen atoms in total. The van der Waals surface area contributed by atoms with E-state index in [0.717, 1.165) is 21.8 Å². The van der Waals surface area contributed by atoms with Crippen molar-refractivity contribution in [1.82, 2.24) is 0 Å². The Morgan fingerprint density at radius 2 is 1.76 bits per heavy atom. The minimum Gasteiger partial charge on any atom is -0.330 e. The van der Waals surface area contributed by atoms with E-state index in [9.17, 15) is 0 Å². The Labute approximate surface area is 116 Å². The van der Waals surface area contributed by atoms with Crippen molar-refractivity contribution < 1.29 is 0 Å². The standard InChI is InChI=1S/C14H31NSSi/c1-4-5-6-7-8-9-14(2,3)17-13-12-16-11-10-15/h4-13,15H2,1-3H3. The van der Waals surface area contributed by atoms with Crippen molar-refractivity contribution in [2.45, 2.75) is 70.4 Å². The maximum absolute atomic E-state index is 5.48. The smallest absolute Gasteiger partial charge is 0.0456 e. The van der Waals surface area contributed by atoms with Crippen molar-refractivity contribution in [3.8, 4) is 0 Å². The number of nitrogens with two attached hydrogens (primary N) is 1. The van der Waals surface area contributed by atoms with Crippen LogP contribution in [-0.2, 0) is 0 Å². The van der Waals surface area contributed by atoms with Crippen LogP contribution in [0.2, 0.25) is 11.1 Å². The van der Waals surface area contributed by atoms with Gasteiger partial charge in [0, 0.05) is 21.8 Å². The summed E-state index contributed by atoms with van der Waals surface area (Å²) in [5, 5.41) is 0.579. The van der Waals surface area contributed by atoms with E-state index in [1.165, 1.54) is 50.3 Å². The molecule has 0 aromatic carbocycles. The van der Waals surface area contributed by atoms with Crippen LogP contribution in [-0.4, -0.2) is 27.6 Å². The van der Waals surface area contributed by atoms with E-state index >= 15 is 0 Å². The molecule has 17 heavy (non-hydrogen) atoms. The third kappa shape index (κ3) is 12.8. The molecule has 0 spiro atoms. The molecule has 0 aliphatic rings. The Morgan fingerprint density at radius 3 is 2.41 bits per heavy atom. The number of hydrogen-bond acceptors (Lipinski definition) is 2. The second-order valence-corrected chi connectivity index (χ2v) is 8.81. The summed E-state index contributed by atoms with van der Waals surface area (Å²) in [7, 11) is 1.12. The molecule has 0 heterocycles. The number of rotatable bonds is 12. The van der Waals surface area contributed by atoms with E-state index in [1.54, 1.807) is 0 Å². The third-order valence-corrected chi connectivity index (χ3v) is 6.10. The number of hydrogen-bond donors (Lipinski definition) is 1. The van der Waals surface area contributed by atoms with Crippen LogP contribution in [0.25, 0.3) is 0 Å². The van der Waals surface area contributed by atoms with Gasteiger partial charge in [0.15, 0.2) is 0 Å². The molecule has 0 saturated heterocycles. The fourth-order valence-corrected chi connectivity index (χ4v) is 4.29. The highest BCUT2D eigenvalue weighted by molar-refractivity contribution is 7.99. The summed E-state index contributed by atoms with van der Waals surface area (Å²) >= 11 is 2.01. The van der Waals surface area contributed by atoms with Crippen molar-refractivity contribution in [3.05, 3.63) is 0 Å². The van der Waals surface area contributed by atoms with Gasteiger partial charge in [-0.25, -0.2) is 0 Å². The topological polar surface area (TPSA) is 26.0 Å². The SMILES string of the molecule is CCCCCCCC(C)(C)[Si]CCSCCN. The maximum atomic E-state index is 5.48. The van der Waals surface area contributed by atoms with Gasteiger partial charge in [-0.2, -0.15) is 11.8 Å². The van der Waals surface area contributed by atoms with Gasteiger partial charge < -0.3 is 5.73 Å². The zero-order valence-corrected chi connectivity index (χ0v) is 13.9. The molecular formula is C14H31NSSi. The first-order valence-corrected chi connectivity index (χ1v) is 9.51. The van der Waals surface area contributed by atoms with E-state index in [-0.39, 0.29) is 0 Å². The van der Waals surface area contributed by atoms with Gasteiger partial charge in [0.1, 0.15) is 0 Å². The molecule has 0 aromatic heterocycles. The fourth-order valence-electron chi connectivity index (χ4n) is 1.91. The van der Waals surface area contributed by atoms with Gasteiger partial charge in [-0.15, -0.1) is 0 Å². The van der Waals surface area contributed by atoms with Crippen LogP contribution in [0, 0.1) is 0 Å². The van der Waals surface area contributed by atoms with Crippen molar-refractivity contribution in [2.75, 3.05) is 18.1 Å². The Bertz CT molecular complexity index is 146. The molecule has 0 aliphatic carbocycles. The lowest BCUT2D eigenvalue weighted by molar-refractivity contribution is 0.529. The van der Waals surface area contributed by atoms with Crippen molar-refractivity contribution in [2.24, 2.45) is 5.73 Å². The molecule has 3 heteroatoms. The number of thioether (sulfide) groups is 1. The predicted molar refractivity (Wildman–Crippen MR) is 84.4 cm³/mol. The second-order valence-electron chi connectivity index (χ2n) is 5.38. The average molecular weight is 274 g/mol. The Kier molecular flexibility index (Phi) is 12.0. The molecule has 0 bridgehead atoms. The maximum Gasteiger partial charge on any atom is 0.0456 e. The Balaban J connectivity index is 3.38. The normalized spacial score (nSPS) is 12.0. The molecular weight excluding hydrogens is 242 g/mol. The van der Waals surface area contributed by atoms with Crippen LogP contribution in [0.15, 0.2) is 0 Å². The zero-order valence-electron chi connectivity index (χ0n) is 12.1. The van der Waals surface area contributed by atoms with Crippen molar-refractivity contribution in [1.29, 1.82) is 0 Å². The van der Waals surface area contributed by atoms with Crippen LogP contribution >= 0.6 is 11.8 Å². The van der Waals surface area contributed by atoms with Crippen LogP contribution in [0.4, 0.5) is 0 Å². The summed E-state index contributed by atoms with van der Waals surface area (Å²) < 4.78 is 0. The van der Waals surface area contributed by atoms with Crippen molar-refractivity contribution in [3.63, 3.8) is 0 Å². The van der Waals surface area contributed by atoms with Crippen LogP contribution < -0.4 is 5.73 Å². The second kappa shape index (κ2) is 11.6. The molecule has 102 valence electrons. The van der Waals surface area contributed by atoms with E-state index in [2.05, 4.69) is 20.8 Å². The summed E-state index contributed by atoms with van der Waals surface area (Å²) in [6.07, 6.45) is 8.47. The van der Waals surface area contributed by atoms with Gasteiger partial charge in [-0.3, -0.25) is 0 Å². The van der Waals surface area contributed by atoms with Gasteiger partial charge >= 0.3 is 0 Å². The van der Waals surface area contributed by atoms with E-state index in [4.69, 9.17) is 5.73 Å². The number of unbranched alkanes of at least 4 members (excludes halogenated alkanes) is 4. The van der Waals surface area contributed by atoms with Crippen LogP contribution in [0.5, 0.6) is 0 Å². The zero-order chi connectivity index (χ0) is 13.0. The summed E-state index contributed by atoms with van der Waals surface area (Å²) in [6.45, 7) is 8.00. The highest BCUT2D eigenvalue weighted by Crippen LogP contribution is 2.31. The van der Waals surface area contributed by atoms with Gasteiger partial charge in [0.25, 0.3) is 0 Å². The van der Waals surface area contributed by atoms with E-state index in [1.807, 2.05) is 11.8 Å². The summed E-state index contributed by atoms with van der Waals surface area (Å²) in [6, 6.07) is 1.38. The largest absolute Gasteiger partial charge is 0.330 e. The Hall–Kier alpha value is 0.527. The Morgan fingerprint density at radius 1 is 1.06 bits per heavy atom. The van der Waals surface area contributed by atoms with E-state index < -0.39 is 0 Å².